The van der Waals surface area contributed by atoms with E-state index in [1.54, 1.807) is 13.1 Å². The monoisotopic (exact) mass is 265 g/mol. The summed E-state index contributed by atoms with van der Waals surface area (Å²) in [5, 5.41) is 9.04. The summed E-state index contributed by atoms with van der Waals surface area (Å²) in [5.41, 5.74) is 2.66. The zero-order chi connectivity index (χ0) is 14.5. The van der Waals surface area contributed by atoms with Crippen LogP contribution in [-0.2, 0) is 6.42 Å². The van der Waals surface area contributed by atoms with E-state index in [0.29, 0.717) is 11.1 Å². The fraction of sp³-hybridized carbons (Fsp3) is 0.188. The molecule has 1 amide bonds. The molecule has 0 aliphatic carbocycles. The van der Waals surface area contributed by atoms with Gasteiger partial charge in [0, 0.05) is 25.1 Å². The van der Waals surface area contributed by atoms with E-state index in [1.807, 2.05) is 30.3 Å². The molecule has 0 fully saturated rings. The lowest BCUT2D eigenvalue weighted by atomic mass is 10.1. The minimum Gasteiger partial charge on any atom is -0.311 e. The van der Waals surface area contributed by atoms with Crippen molar-refractivity contribution >= 4 is 11.6 Å². The van der Waals surface area contributed by atoms with E-state index in [-0.39, 0.29) is 5.91 Å². The Bertz CT molecular complexity index is 656. The van der Waals surface area contributed by atoms with Crippen molar-refractivity contribution in [3.63, 3.8) is 0 Å². The summed E-state index contributed by atoms with van der Waals surface area (Å²) in [5.74, 6) is -0.237. The first-order valence-corrected chi connectivity index (χ1v) is 6.38. The molecule has 1 heterocycles. The minimum atomic E-state index is -0.237. The van der Waals surface area contributed by atoms with Gasteiger partial charge in [-0.1, -0.05) is 19.1 Å². The molecule has 0 radical (unpaired) electrons. The van der Waals surface area contributed by atoms with Crippen molar-refractivity contribution in [2.75, 3.05) is 11.9 Å². The predicted molar refractivity (Wildman–Crippen MR) is 77.5 cm³/mol. The predicted octanol–water partition coefficient (Wildman–Crippen LogP) is 2.79. The number of nitriles is 1. The van der Waals surface area contributed by atoms with Gasteiger partial charge in [0.2, 0.25) is 0 Å². The fourth-order valence-corrected chi connectivity index (χ4v) is 1.92. The molecule has 2 aromatic rings. The van der Waals surface area contributed by atoms with Crippen LogP contribution >= 0.6 is 0 Å². The third-order valence-electron chi connectivity index (χ3n) is 3.21. The van der Waals surface area contributed by atoms with Crippen LogP contribution in [-0.4, -0.2) is 17.9 Å². The highest BCUT2D eigenvalue weighted by Gasteiger charge is 2.17. The first-order chi connectivity index (χ1) is 9.67. The maximum absolute atomic E-state index is 12.4. The van der Waals surface area contributed by atoms with Gasteiger partial charge in [-0.3, -0.25) is 9.78 Å². The van der Waals surface area contributed by atoms with E-state index in [4.69, 9.17) is 5.26 Å². The number of hydrogen-bond donors (Lipinski definition) is 0. The summed E-state index contributed by atoms with van der Waals surface area (Å²) in [6, 6.07) is 11.3. The summed E-state index contributed by atoms with van der Waals surface area (Å²) in [6.07, 6.45) is 3.89. The quantitative estimate of drug-likeness (QED) is 0.857. The lowest BCUT2D eigenvalue weighted by molar-refractivity contribution is 0.0992. The SMILES string of the molecule is CCc1ccc(N(C)C(=O)c2cnccc2C#N)cc1. The van der Waals surface area contributed by atoms with Gasteiger partial charge in [-0.15, -0.1) is 0 Å². The Kier molecular flexibility index (Phi) is 4.11. The molecule has 1 aromatic heterocycles. The Morgan fingerprint density at radius 3 is 2.60 bits per heavy atom. The van der Waals surface area contributed by atoms with Crippen molar-refractivity contribution in [2.24, 2.45) is 0 Å². The van der Waals surface area contributed by atoms with Crippen molar-refractivity contribution in [3.8, 4) is 6.07 Å². The minimum absolute atomic E-state index is 0.237. The van der Waals surface area contributed by atoms with Crippen LogP contribution in [0.5, 0.6) is 0 Å². The second-order valence-corrected chi connectivity index (χ2v) is 4.42. The molecule has 4 nitrogen and oxygen atoms in total. The summed E-state index contributed by atoms with van der Waals surface area (Å²) < 4.78 is 0. The number of carbonyl (C=O) groups is 1. The number of rotatable bonds is 3. The normalized spacial score (nSPS) is 9.85. The highest BCUT2D eigenvalue weighted by atomic mass is 16.2. The van der Waals surface area contributed by atoms with Gasteiger partial charge in [0.15, 0.2) is 0 Å². The molecule has 0 unspecified atom stereocenters. The average molecular weight is 265 g/mol. The van der Waals surface area contributed by atoms with E-state index in [9.17, 15) is 4.79 Å². The molecule has 2 rings (SSSR count). The molecule has 1 aromatic carbocycles. The molecule has 100 valence electrons. The topological polar surface area (TPSA) is 57.0 Å². The number of aromatic nitrogens is 1. The second kappa shape index (κ2) is 5.98. The Balaban J connectivity index is 2.30. The van der Waals surface area contributed by atoms with Crippen molar-refractivity contribution in [2.45, 2.75) is 13.3 Å². The van der Waals surface area contributed by atoms with Crippen molar-refractivity contribution in [3.05, 3.63) is 59.4 Å². The number of hydrogen-bond acceptors (Lipinski definition) is 3. The molecular formula is C16H15N3O. The van der Waals surface area contributed by atoms with Crippen molar-refractivity contribution in [1.82, 2.24) is 4.98 Å². The number of nitrogens with zero attached hydrogens (tertiary/aromatic N) is 3. The van der Waals surface area contributed by atoms with Crippen LogP contribution in [0.25, 0.3) is 0 Å². The van der Waals surface area contributed by atoms with Crippen LogP contribution in [0.2, 0.25) is 0 Å². The first kappa shape index (κ1) is 13.8. The third kappa shape index (κ3) is 2.67. The number of pyridine rings is 1. The van der Waals surface area contributed by atoms with Gasteiger partial charge in [0.1, 0.15) is 6.07 Å². The standard InChI is InChI=1S/C16H15N3O/c1-3-12-4-6-14(7-5-12)19(2)16(20)15-11-18-9-8-13(15)10-17/h4-9,11H,3H2,1-2H3. The Labute approximate surface area is 118 Å². The van der Waals surface area contributed by atoms with E-state index < -0.39 is 0 Å². The van der Waals surface area contributed by atoms with Gasteiger partial charge in [-0.25, -0.2) is 0 Å². The Hall–Kier alpha value is -2.67. The lowest BCUT2D eigenvalue weighted by Crippen LogP contribution is -2.27. The van der Waals surface area contributed by atoms with Crippen LogP contribution in [0, 0.1) is 11.3 Å². The number of anilines is 1. The first-order valence-electron chi connectivity index (χ1n) is 6.38. The summed E-state index contributed by atoms with van der Waals surface area (Å²) in [6.45, 7) is 2.08. The molecule has 0 bridgehead atoms. The summed E-state index contributed by atoms with van der Waals surface area (Å²) in [7, 11) is 1.69. The smallest absolute Gasteiger partial charge is 0.260 e. The van der Waals surface area contributed by atoms with Crippen LogP contribution in [0.15, 0.2) is 42.7 Å². The maximum Gasteiger partial charge on any atom is 0.260 e. The molecule has 4 heteroatoms. The van der Waals surface area contributed by atoms with Crippen LogP contribution in [0.1, 0.15) is 28.4 Å². The molecule has 0 saturated carbocycles. The van der Waals surface area contributed by atoms with Crippen molar-refractivity contribution in [1.29, 1.82) is 5.26 Å². The van der Waals surface area contributed by atoms with Gasteiger partial charge < -0.3 is 4.90 Å². The summed E-state index contributed by atoms with van der Waals surface area (Å²) in [4.78, 5) is 17.9. The average Bonchev–Trinajstić information content (AvgIpc) is 2.53. The van der Waals surface area contributed by atoms with Gasteiger partial charge in [-0.2, -0.15) is 5.26 Å². The van der Waals surface area contributed by atoms with Gasteiger partial charge in [0.25, 0.3) is 5.91 Å². The van der Waals surface area contributed by atoms with Crippen molar-refractivity contribution < 1.29 is 4.79 Å². The molecule has 0 N–H and O–H groups in total. The Morgan fingerprint density at radius 2 is 2.00 bits per heavy atom. The van der Waals surface area contributed by atoms with Crippen LogP contribution in [0.4, 0.5) is 5.69 Å². The van der Waals surface area contributed by atoms with E-state index >= 15 is 0 Å². The molecule has 20 heavy (non-hydrogen) atoms. The number of carbonyl (C=O) groups excluding carboxylic acids is 1. The highest BCUT2D eigenvalue weighted by Crippen LogP contribution is 2.18. The third-order valence-corrected chi connectivity index (χ3v) is 3.21. The van der Waals surface area contributed by atoms with Gasteiger partial charge in [-0.05, 0) is 30.2 Å². The maximum atomic E-state index is 12.4. The molecule has 0 aliphatic heterocycles. The van der Waals surface area contributed by atoms with Gasteiger partial charge in [0.05, 0.1) is 11.1 Å². The number of benzene rings is 1. The summed E-state index contributed by atoms with van der Waals surface area (Å²) >= 11 is 0. The largest absolute Gasteiger partial charge is 0.311 e. The molecule has 0 spiro atoms. The fourth-order valence-electron chi connectivity index (χ4n) is 1.92. The number of aryl methyl sites for hydroxylation is 1. The zero-order valence-electron chi connectivity index (χ0n) is 11.5. The van der Waals surface area contributed by atoms with Crippen LogP contribution in [0.3, 0.4) is 0 Å². The molecular weight excluding hydrogens is 250 g/mol. The molecule has 0 aliphatic rings. The highest BCUT2D eigenvalue weighted by molar-refractivity contribution is 6.07. The van der Waals surface area contributed by atoms with Gasteiger partial charge >= 0.3 is 0 Å². The van der Waals surface area contributed by atoms with E-state index in [2.05, 4.69) is 11.9 Å². The lowest BCUT2D eigenvalue weighted by Gasteiger charge is -2.18. The Morgan fingerprint density at radius 1 is 1.30 bits per heavy atom. The number of amides is 1. The molecule has 0 saturated heterocycles. The van der Waals surface area contributed by atoms with E-state index in [1.165, 1.54) is 22.9 Å². The van der Waals surface area contributed by atoms with Crippen LogP contribution < -0.4 is 4.90 Å². The van der Waals surface area contributed by atoms with E-state index in [0.717, 1.165) is 12.1 Å². The second-order valence-electron chi connectivity index (χ2n) is 4.42. The zero-order valence-corrected chi connectivity index (χ0v) is 11.5. The molecule has 0 atom stereocenters.